The van der Waals surface area contributed by atoms with Crippen LogP contribution in [-0.2, 0) is 0 Å². The Balaban J connectivity index is 1.98. The molecule has 0 radical (unpaired) electrons. The molecule has 1 unspecified atom stereocenters. The van der Waals surface area contributed by atoms with Crippen LogP contribution in [0.5, 0.6) is 0 Å². The summed E-state index contributed by atoms with van der Waals surface area (Å²) in [6.45, 7) is 5.58. The summed E-state index contributed by atoms with van der Waals surface area (Å²) in [5, 5.41) is 0. The largest absolute Gasteiger partial charge is 0.438 e. The highest BCUT2D eigenvalue weighted by Gasteiger charge is 2.28. The minimum absolute atomic E-state index is 0.0272. The van der Waals surface area contributed by atoms with Crippen molar-refractivity contribution in [3.63, 3.8) is 0 Å². The van der Waals surface area contributed by atoms with Crippen molar-refractivity contribution in [1.29, 1.82) is 0 Å². The SMILES string of the molecule is Cc1ncoc1C(=O)N1CCC(C(C)Br)CC1. The molecule has 5 heteroatoms. The van der Waals surface area contributed by atoms with E-state index in [1.54, 1.807) is 6.92 Å². The van der Waals surface area contributed by atoms with Gasteiger partial charge in [-0.15, -0.1) is 0 Å². The van der Waals surface area contributed by atoms with Crippen LogP contribution in [0.2, 0.25) is 0 Å². The number of carbonyl (C=O) groups excluding carboxylic acids is 1. The standard InChI is InChI=1S/C12H17BrN2O2/c1-8(13)10-3-5-15(6-4-10)12(16)11-9(2)14-7-17-11/h7-8,10H,3-6H2,1-2H3. The topological polar surface area (TPSA) is 46.3 Å². The second-order valence-corrected chi connectivity index (χ2v) is 6.02. The second-order valence-electron chi connectivity index (χ2n) is 4.57. The van der Waals surface area contributed by atoms with Gasteiger partial charge in [-0.25, -0.2) is 4.98 Å². The van der Waals surface area contributed by atoms with Crippen molar-refractivity contribution >= 4 is 21.8 Å². The van der Waals surface area contributed by atoms with Crippen LogP contribution < -0.4 is 0 Å². The third-order valence-electron chi connectivity index (χ3n) is 3.42. The minimum Gasteiger partial charge on any atom is -0.438 e. The average Bonchev–Trinajstić information content (AvgIpc) is 2.74. The van der Waals surface area contributed by atoms with E-state index >= 15 is 0 Å². The zero-order valence-corrected chi connectivity index (χ0v) is 11.7. The predicted molar refractivity (Wildman–Crippen MR) is 68.3 cm³/mol. The Morgan fingerprint density at radius 1 is 1.59 bits per heavy atom. The fraction of sp³-hybridized carbons (Fsp3) is 0.667. The van der Waals surface area contributed by atoms with Gasteiger partial charge < -0.3 is 9.32 Å². The lowest BCUT2D eigenvalue weighted by atomic mass is 9.94. The Morgan fingerprint density at radius 3 is 2.71 bits per heavy atom. The van der Waals surface area contributed by atoms with Crippen molar-refractivity contribution in [1.82, 2.24) is 9.88 Å². The number of hydrogen-bond acceptors (Lipinski definition) is 3. The molecule has 1 aromatic rings. The summed E-state index contributed by atoms with van der Waals surface area (Å²) < 4.78 is 5.14. The van der Waals surface area contributed by atoms with Crippen LogP contribution >= 0.6 is 15.9 Å². The molecule has 4 nitrogen and oxygen atoms in total. The highest BCUT2D eigenvalue weighted by molar-refractivity contribution is 9.09. The van der Waals surface area contributed by atoms with E-state index in [9.17, 15) is 4.79 Å². The van der Waals surface area contributed by atoms with Crippen LogP contribution in [0.25, 0.3) is 0 Å². The van der Waals surface area contributed by atoms with E-state index in [0.717, 1.165) is 25.9 Å². The first-order valence-electron chi connectivity index (χ1n) is 5.93. The fourth-order valence-electron chi connectivity index (χ4n) is 2.21. The Kier molecular flexibility index (Phi) is 3.86. The molecule has 0 aliphatic carbocycles. The number of alkyl halides is 1. The van der Waals surface area contributed by atoms with Crippen molar-refractivity contribution in [2.24, 2.45) is 5.92 Å². The van der Waals surface area contributed by atoms with Crippen LogP contribution in [0, 0.1) is 12.8 Å². The number of piperidine rings is 1. The van der Waals surface area contributed by atoms with Crippen LogP contribution in [0.15, 0.2) is 10.8 Å². The highest BCUT2D eigenvalue weighted by atomic mass is 79.9. The third kappa shape index (κ3) is 2.70. The zero-order valence-electron chi connectivity index (χ0n) is 10.1. The summed E-state index contributed by atoms with van der Waals surface area (Å²) in [6.07, 6.45) is 3.42. The maximum Gasteiger partial charge on any atom is 0.291 e. The van der Waals surface area contributed by atoms with Gasteiger partial charge in [-0.2, -0.15) is 0 Å². The fourth-order valence-corrected chi connectivity index (χ4v) is 2.74. The lowest BCUT2D eigenvalue weighted by Crippen LogP contribution is -2.40. The van der Waals surface area contributed by atoms with E-state index in [0.29, 0.717) is 22.2 Å². The smallest absolute Gasteiger partial charge is 0.291 e. The number of amides is 1. The quantitative estimate of drug-likeness (QED) is 0.789. The van der Waals surface area contributed by atoms with Gasteiger partial charge in [0.1, 0.15) is 0 Å². The summed E-state index contributed by atoms with van der Waals surface area (Å²) in [4.78, 5) is 18.5. The number of oxazole rings is 1. The molecule has 1 amide bonds. The molecule has 0 N–H and O–H groups in total. The van der Waals surface area contributed by atoms with Crippen LogP contribution in [-0.4, -0.2) is 33.7 Å². The van der Waals surface area contributed by atoms with Crippen molar-refractivity contribution in [2.45, 2.75) is 31.5 Å². The van der Waals surface area contributed by atoms with Gasteiger partial charge in [0.15, 0.2) is 6.39 Å². The molecule has 0 saturated carbocycles. The summed E-state index contributed by atoms with van der Waals surface area (Å²) in [7, 11) is 0. The summed E-state index contributed by atoms with van der Waals surface area (Å²) in [6, 6.07) is 0. The number of rotatable bonds is 2. The first-order valence-corrected chi connectivity index (χ1v) is 6.84. The maximum atomic E-state index is 12.1. The highest BCUT2D eigenvalue weighted by Crippen LogP contribution is 2.26. The summed E-state index contributed by atoms with van der Waals surface area (Å²) in [5.41, 5.74) is 0.672. The van der Waals surface area contributed by atoms with Crippen molar-refractivity contribution in [3.8, 4) is 0 Å². The third-order valence-corrected chi connectivity index (χ3v) is 4.16. The Morgan fingerprint density at radius 2 is 2.24 bits per heavy atom. The van der Waals surface area contributed by atoms with Gasteiger partial charge in [0.25, 0.3) is 5.91 Å². The Labute approximate surface area is 110 Å². The van der Waals surface area contributed by atoms with Gasteiger partial charge in [0, 0.05) is 17.9 Å². The summed E-state index contributed by atoms with van der Waals surface area (Å²) >= 11 is 3.61. The van der Waals surface area contributed by atoms with E-state index in [4.69, 9.17) is 4.42 Å². The number of aryl methyl sites for hydroxylation is 1. The molecular weight excluding hydrogens is 284 g/mol. The van der Waals surface area contributed by atoms with Crippen molar-refractivity contribution in [2.75, 3.05) is 13.1 Å². The molecule has 1 atom stereocenters. The van der Waals surface area contributed by atoms with Gasteiger partial charge in [-0.05, 0) is 25.7 Å². The molecule has 2 heterocycles. The first kappa shape index (κ1) is 12.6. The Hall–Kier alpha value is -0.840. The molecular formula is C12H17BrN2O2. The van der Waals surface area contributed by atoms with Crippen LogP contribution in [0.3, 0.4) is 0 Å². The minimum atomic E-state index is -0.0272. The number of nitrogens with zero attached hydrogens (tertiary/aromatic N) is 2. The number of halogens is 1. The molecule has 1 aromatic heterocycles. The lowest BCUT2D eigenvalue weighted by molar-refractivity contribution is 0.0658. The molecule has 1 saturated heterocycles. The molecule has 1 aliphatic rings. The van der Waals surface area contributed by atoms with Crippen LogP contribution in [0.4, 0.5) is 0 Å². The zero-order chi connectivity index (χ0) is 12.4. The first-order chi connectivity index (χ1) is 8.09. The van der Waals surface area contributed by atoms with Gasteiger partial charge in [0.05, 0.1) is 5.69 Å². The maximum absolute atomic E-state index is 12.1. The molecule has 17 heavy (non-hydrogen) atoms. The monoisotopic (exact) mass is 300 g/mol. The van der Waals surface area contributed by atoms with Gasteiger partial charge in [-0.1, -0.05) is 22.9 Å². The molecule has 0 spiro atoms. The van der Waals surface area contributed by atoms with E-state index < -0.39 is 0 Å². The number of carbonyl (C=O) groups is 1. The second kappa shape index (κ2) is 5.21. The van der Waals surface area contributed by atoms with Gasteiger partial charge in [-0.3, -0.25) is 4.79 Å². The van der Waals surface area contributed by atoms with Crippen molar-refractivity contribution in [3.05, 3.63) is 17.8 Å². The Bertz CT molecular complexity index is 395. The predicted octanol–water partition coefficient (Wildman–Crippen LogP) is 2.62. The van der Waals surface area contributed by atoms with Crippen molar-refractivity contribution < 1.29 is 9.21 Å². The molecule has 1 aliphatic heterocycles. The van der Waals surface area contributed by atoms with Gasteiger partial charge in [0.2, 0.25) is 5.76 Å². The molecule has 0 aromatic carbocycles. The summed E-state index contributed by atoms with van der Waals surface area (Å²) in [5.74, 6) is 1.02. The lowest BCUT2D eigenvalue weighted by Gasteiger charge is -2.32. The van der Waals surface area contributed by atoms with E-state index in [1.165, 1.54) is 6.39 Å². The van der Waals surface area contributed by atoms with Gasteiger partial charge >= 0.3 is 0 Å². The number of aromatic nitrogens is 1. The van der Waals surface area contributed by atoms with Crippen LogP contribution in [0.1, 0.15) is 36.0 Å². The normalized spacial score (nSPS) is 19.4. The molecule has 1 fully saturated rings. The van der Waals surface area contributed by atoms with E-state index in [1.807, 2.05) is 4.90 Å². The van der Waals surface area contributed by atoms with E-state index in [-0.39, 0.29) is 5.91 Å². The molecule has 0 bridgehead atoms. The molecule has 2 rings (SSSR count). The average molecular weight is 301 g/mol. The molecule has 94 valence electrons. The van der Waals surface area contributed by atoms with E-state index in [2.05, 4.69) is 27.8 Å². The number of likely N-dealkylation sites (tertiary alicyclic amines) is 1. The number of hydrogen-bond donors (Lipinski definition) is 0.